The molecule has 0 radical (unpaired) electrons. The van der Waals surface area contributed by atoms with Crippen molar-refractivity contribution < 1.29 is 5.11 Å². The molecule has 54 valence electrons. The summed E-state index contributed by atoms with van der Waals surface area (Å²) in [6.07, 6.45) is 5.07. The number of hydrogen-bond donors (Lipinski definition) is 1. The first-order valence-corrected chi connectivity index (χ1v) is 2.89. The summed E-state index contributed by atoms with van der Waals surface area (Å²) in [5.74, 6) is 0. The van der Waals surface area contributed by atoms with Gasteiger partial charge < -0.3 is 5.11 Å². The van der Waals surface area contributed by atoms with Crippen LogP contribution in [0.25, 0.3) is 5.57 Å². The van der Waals surface area contributed by atoms with Crippen LogP contribution < -0.4 is 0 Å². The Labute approximate surface area is 63.5 Å². The maximum atomic E-state index is 8.53. The normalized spacial score (nSPS) is 10.6. The van der Waals surface area contributed by atoms with Crippen molar-refractivity contribution in [3.05, 3.63) is 30.5 Å². The average molecular weight is 147 g/mol. The molecule has 11 heavy (non-hydrogen) atoms. The summed E-state index contributed by atoms with van der Waals surface area (Å²) in [4.78, 5) is 7.54. The van der Waals surface area contributed by atoms with E-state index in [2.05, 4.69) is 9.97 Å². The van der Waals surface area contributed by atoms with Gasteiger partial charge in [0.25, 0.3) is 0 Å². The Balaban J connectivity index is 3.05. The van der Waals surface area contributed by atoms with Gasteiger partial charge in [0.2, 0.25) is 0 Å². The largest absolute Gasteiger partial charge is 0.514 e. The average Bonchev–Trinajstić information content (AvgIpc) is 2.09. The van der Waals surface area contributed by atoms with Crippen LogP contribution in [0.15, 0.2) is 24.9 Å². The molecule has 1 heterocycles. The number of nitriles is 1. The van der Waals surface area contributed by atoms with Crippen LogP contribution in [0.5, 0.6) is 0 Å². The molecule has 0 spiro atoms. The second kappa shape index (κ2) is 3.32. The zero-order valence-corrected chi connectivity index (χ0v) is 5.60. The zero-order chi connectivity index (χ0) is 8.10. The van der Waals surface area contributed by atoms with Crippen LogP contribution in [0.4, 0.5) is 0 Å². The number of rotatable bonds is 1. The minimum Gasteiger partial charge on any atom is -0.514 e. The first kappa shape index (κ1) is 7.22. The molecule has 0 unspecified atom stereocenters. The number of aliphatic hydroxyl groups is 1. The Kier molecular flexibility index (Phi) is 2.18. The van der Waals surface area contributed by atoms with Crippen molar-refractivity contribution in [3.63, 3.8) is 0 Å². The van der Waals surface area contributed by atoms with E-state index >= 15 is 0 Å². The van der Waals surface area contributed by atoms with E-state index in [1.54, 1.807) is 6.07 Å². The fourth-order valence-corrected chi connectivity index (χ4v) is 0.590. The van der Waals surface area contributed by atoms with Gasteiger partial charge >= 0.3 is 0 Å². The topological polar surface area (TPSA) is 69.8 Å². The summed E-state index contributed by atoms with van der Waals surface area (Å²) >= 11 is 0. The van der Waals surface area contributed by atoms with E-state index in [0.717, 1.165) is 0 Å². The summed E-state index contributed by atoms with van der Waals surface area (Å²) in [5.41, 5.74) is 0.482. The summed E-state index contributed by atoms with van der Waals surface area (Å²) in [5, 5.41) is 17.0. The van der Waals surface area contributed by atoms with Gasteiger partial charge in [-0.2, -0.15) is 5.26 Å². The molecule has 4 heteroatoms. The molecule has 0 bridgehead atoms. The lowest BCUT2D eigenvalue weighted by atomic mass is 10.2. The summed E-state index contributed by atoms with van der Waals surface area (Å²) in [6, 6.07) is 1.78. The Morgan fingerprint density at radius 1 is 1.64 bits per heavy atom. The first-order chi connectivity index (χ1) is 5.38. The van der Waals surface area contributed by atoms with Gasteiger partial charge in [-0.25, -0.2) is 0 Å². The Hall–Kier alpha value is -1.89. The van der Waals surface area contributed by atoms with Crippen molar-refractivity contribution in [1.82, 2.24) is 9.97 Å². The molecule has 0 aliphatic heterocycles. The fourth-order valence-electron chi connectivity index (χ4n) is 0.590. The second-order valence-corrected chi connectivity index (χ2v) is 1.75. The van der Waals surface area contributed by atoms with E-state index < -0.39 is 0 Å². The third-order valence-electron chi connectivity index (χ3n) is 1.09. The van der Waals surface area contributed by atoms with Gasteiger partial charge in [-0.05, 0) is 0 Å². The van der Waals surface area contributed by atoms with Crippen molar-refractivity contribution in [2.75, 3.05) is 0 Å². The lowest BCUT2D eigenvalue weighted by Crippen LogP contribution is -1.87. The number of aromatic nitrogens is 2. The molecule has 0 atom stereocenters. The highest BCUT2D eigenvalue weighted by Gasteiger charge is 1.99. The number of hydrogen-bond acceptors (Lipinski definition) is 4. The lowest BCUT2D eigenvalue weighted by Gasteiger charge is -1.91. The lowest BCUT2D eigenvalue weighted by molar-refractivity contribution is 0.476. The molecule has 4 nitrogen and oxygen atoms in total. The number of nitrogens with zero attached hydrogens (tertiary/aromatic N) is 3. The molecular formula is C7H5N3O. The van der Waals surface area contributed by atoms with Gasteiger partial charge in [0.15, 0.2) is 0 Å². The molecule has 0 amide bonds. The minimum absolute atomic E-state index is 0.109. The van der Waals surface area contributed by atoms with E-state index in [1.807, 2.05) is 0 Å². The molecule has 0 fully saturated rings. The van der Waals surface area contributed by atoms with Crippen molar-refractivity contribution in [2.24, 2.45) is 0 Å². The first-order valence-electron chi connectivity index (χ1n) is 2.89. The summed E-state index contributed by atoms with van der Waals surface area (Å²) in [7, 11) is 0. The summed E-state index contributed by atoms with van der Waals surface area (Å²) in [6.45, 7) is 0. The molecule has 0 aliphatic carbocycles. The van der Waals surface area contributed by atoms with Crippen LogP contribution in [0.2, 0.25) is 0 Å². The van der Waals surface area contributed by atoms with Crippen LogP contribution in [0, 0.1) is 11.3 Å². The molecule has 1 rings (SSSR count). The molecule has 0 aromatic carbocycles. The Morgan fingerprint density at radius 3 is 2.91 bits per heavy atom. The third-order valence-corrected chi connectivity index (χ3v) is 1.09. The number of aliphatic hydroxyl groups excluding tert-OH is 1. The highest BCUT2D eigenvalue weighted by molar-refractivity contribution is 5.72. The van der Waals surface area contributed by atoms with Crippen molar-refractivity contribution in [2.45, 2.75) is 0 Å². The van der Waals surface area contributed by atoms with Crippen LogP contribution in [-0.2, 0) is 0 Å². The van der Waals surface area contributed by atoms with Gasteiger partial charge in [0, 0.05) is 12.4 Å². The summed E-state index contributed by atoms with van der Waals surface area (Å²) < 4.78 is 0. The smallest absolute Gasteiger partial charge is 0.113 e. The van der Waals surface area contributed by atoms with Crippen LogP contribution >= 0.6 is 0 Å². The fraction of sp³-hybridized carbons (Fsp3) is 0. The molecule has 1 N–H and O–H groups in total. The molecular weight excluding hydrogens is 142 g/mol. The van der Waals surface area contributed by atoms with Gasteiger partial charge in [0.1, 0.15) is 17.3 Å². The van der Waals surface area contributed by atoms with Crippen molar-refractivity contribution >= 4 is 5.57 Å². The van der Waals surface area contributed by atoms with E-state index in [1.165, 1.54) is 18.6 Å². The maximum Gasteiger partial charge on any atom is 0.113 e. The van der Waals surface area contributed by atoms with E-state index in [0.29, 0.717) is 12.0 Å². The Bertz CT molecular complexity index is 299. The van der Waals surface area contributed by atoms with Gasteiger partial charge in [0.05, 0.1) is 12.5 Å². The van der Waals surface area contributed by atoms with Gasteiger partial charge in [-0.1, -0.05) is 0 Å². The van der Waals surface area contributed by atoms with E-state index in [9.17, 15) is 0 Å². The SMILES string of the molecule is N#CC(=CO)c1cnccn1. The van der Waals surface area contributed by atoms with E-state index in [4.69, 9.17) is 10.4 Å². The Morgan fingerprint density at radius 2 is 2.45 bits per heavy atom. The van der Waals surface area contributed by atoms with Gasteiger partial charge in [-0.15, -0.1) is 0 Å². The standard InChI is InChI=1S/C7H5N3O/c8-3-6(5-11)7-4-9-1-2-10-7/h1-2,4-5,11H. The van der Waals surface area contributed by atoms with Crippen LogP contribution in [0.1, 0.15) is 5.69 Å². The second-order valence-electron chi connectivity index (χ2n) is 1.75. The van der Waals surface area contributed by atoms with Crippen molar-refractivity contribution in [3.8, 4) is 6.07 Å². The van der Waals surface area contributed by atoms with Crippen LogP contribution in [-0.4, -0.2) is 15.1 Å². The molecule has 0 aliphatic rings. The van der Waals surface area contributed by atoms with E-state index in [-0.39, 0.29) is 5.57 Å². The molecule has 1 aromatic heterocycles. The highest BCUT2D eigenvalue weighted by Crippen LogP contribution is 2.05. The quantitative estimate of drug-likeness (QED) is 0.473. The van der Waals surface area contributed by atoms with Gasteiger partial charge in [-0.3, -0.25) is 9.97 Å². The maximum absolute atomic E-state index is 8.53. The molecule has 0 saturated heterocycles. The highest BCUT2D eigenvalue weighted by atomic mass is 16.2. The third kappa shape index (κ3) is 1.52. The predicted octanol–water partition coefficient (Wildman–Crippen LogP) is 0.899. The predicted molar refractivity (Wildman–Crippen MR) is 38.3 cm³/mol. The minimum atomic E-state index is 0.109. The monoisotopic (exact) mass is 147 g/mol. The number of allylic oxidation sites excluding steroid dienone is 1. The van der Waals surface area contributed by atoms with Crippen molar-refractivity contribution in [1.29, 1.82) is 5.26 Å². The van der Waals surface area contributed by atoms with Crippen LogP contribution in [0.3, 0.4) is 0 Å². The molecule has 1 aromatic rings. The molecule has 0 saturated carbocycles. The zero-order valence-electron chi connectivity index (χ0n) is 5.60.